The Kier molecular flexibility index (Phi) is 4.41. The van der Waals surface area contributed by atoms with Crippen LogP contribution in [0.15, 0.2) is 11.1 Å². The molecule has 0 saturated heterocycles. The van der Waals surface area contributed by atoms with Crippen molar-refractivity contribution >= 4 is 11.8 Å². The number of hydrogen-bond acceptors (Lipinski definition) is 3. The zero-order chi connectivity index (χ0) is 11.4. The number of rotatable bonds is 4. The Balaban J connectivity index is 2.81. The molecule has 0 amide bonds. The second-order valence-electron chi connectivity index (χ2n) is 2.99. The highest BCUT2D eigenvalue weighted by atomic mass is 32.2. The van der Waals surface area contributed by atoms with Gasteiger partial charge in [0.2, 0.25) is 5.95 Å². The lowest BCUT2D eigenvalue weighted by molar-refractivity contribution is 0.289. The summed E-state index contributed by atoms with van der Waals surface area (Å²) in [5, 5.41) is 8.33. The molecule has 2 nitrogen and oxygen atoms in total. The number of hydrogen-bond donors (Lipinski definition) is 1. The molecule has 1 heterocycles. The van der Waals surface area contributed by atoms with E-state index in [1.54, 1.807) is 6.92 Å². The predicted molar refractivity (Wildman–Crippen MR) is 51.1 cm³/mol. The first kappa shape index (κ1) is 12.3. The lowest BCUT2D eigenvalue weighted by Gasteiger charge is -2.09. The molecule has 15 heavy (non-hydrogen) atoms. The molecule has 0 aromatic carbocycles. The van der Waals surface area contributed by atoms with E-state index in [1.165, 1.54) is 0 Å². The van der Waals surface area contributed by atoms with E-state index >= 15 is 0 Å². The van der Waals surface area contributed by atoms with Crippen molar-refractivity contribution in [2.45, 2.75) is 23.6 Å². The minimum absolute atomic E-state index is 0.0422. The average Bonchev–Trinajstić information content (AvgIpc) is 2.14. The molecule has 0 spiro atoms. The lowest BCUT2D eigenvalue weighted by Crippen LogP contribution is -2.03. The second-order valence-corrected chi connectivity index (χ2v) is 4.42. The molecule has 0 bridgehead atoms. The first-order chi connectivity index (χ1) is 7.04. The zero-order valence-corrected chi connectivity index (χ0v) is 8.82. The van der Waals surface area contributed by atoms with Crippen LogP contribution >= 0.6 is 11.8 Å². The lowest BCUT2D eigenvalue weighted by atomic mass is 10.3. The monoisotopic (exact) mass is 237 g/mol. The summed E-state index contributed by atoms with van der Waals surface area (Å²) in [5.74, 6) is -3.49. The fourth-order valence-electron chi connectivity index (χ4n) is 0.942. The van der Waals surface area contributed by atoms with E-state index < -0.39 is 17.6 Å². The van der Waals surface area contributed by atoms with Gasteiger partial charge < -0.3 is 5.11 Å². The maximum atomic E-state index is 13.1. The quantitative estimate of drug-likeness (QED) is 0.644. The standard InChI is InChI=1S/C9H10F3NOS/c1-5(2-3-14)15-9-7(11)4-6(10)8(12)13-9/h4-5,14H,2-3H2,1H3. The third-order valence-electron chi connectivity index (χ3n) is 1.70. The van der Waals surface area contributed by atoms with Gasteiger partial charge in [0, 0.05) is 17.9 Å². The van der Waals surface area contributed by atoms with Crippen LogP contribution in [0.4, 0.5) is 13.2 Å². The van der Waals surface area contributed by atoms with Gasteiger partial charge in [-0.05, 0) is 6.42 Å². The van der Waals surface area contributed by atoms with Crippen LogP contribution in [0.5, 0.6) is 0 Å². The van der Waals surface area contributed by atoms with E-state index in [1.807, 2.05) is 0 Å². The van der Waals surface area contributed by atoms with Gasteiger partial charge in [0.25, 0.3) is 0 Å². The normalized spacial score (nSPS) is 12.9. The van der Waals surface area contributed by atoms with Crippen molar-refractivity contribution in [1.29, 1.82) is 0 Å². The summed E-state index contributed by atoms with van der Waals surface area (Å²) in [4.78, 5) is 3.16. The zero-order valence-electron chi connectivity index (χ0n) is 8.01. The number of aromatic nitrogens is 1. The third-order valence-corrected chi connectivity index (χ3v) is 2.85. The van der Waals surface area contributed by atoms with Crippen molar-refractivity contribution in [3.8, 4) is 0 Å². The summed E-state index contributed by atoms with van der Waals surface area (Å²) >= 11 is 0.965. The largest absolute Gasteiger partial charge is 0.396 e. The Bertz CT molecular complexity index is 348. The molecule has 1 aromatic rings. The van der Waals surface area contributed by atoms with Gasteiger partial charge in [-0.25, -0.2) is 13.8 Å². The Morgan fingerprint density at radius 1 is 1.40 bits per heavy atom. The summed E-state index contributed by atoms with van der Waals surface area (Å²) < 4.78 is 38.3. The molecule has 1 rings (SSSR count). The molecule has 0 radical (unpaired) electrons. The molecule has 0 fully saturated rings. The fourth-order valence-corrected chi connectivity index (χ4v) is 1.85. The summed E-state index contributed by atoms with van der Waals surface area (Å²) in [6, 6.07) is 0.469. The van der Waals surface area contributed by atoms with Crippen LogP contribution in [0.25, 0.3) is 0 Å². The molecule has 1 aromatic heterocycles. The summed E-state index contributed by atoms with van der Waals surface area (Å²) in [6.07, 6.45) is 0.435. The molecule has 0 aliphatic carbocycles. The number of aliphatic hydroxyl groups excluding tert-OH is 1. The molecule has 1 N–H and O–H groups in total. The van der Waals surface area contributed by atoms with E-state index in [0.29, 0.717) is 12.5 Å². The summed E-state index contributed by atoms with van der Waals surface area (Å²) in [6.45, 7) is 1.70. The van der Waals surface area contributed by atoms with Crippen molar-refractivity contribution in [1.82, 2.24) is 4.98 Å². The molecule has 84 valence electrons. The number of thioether (sulfide) groups is 1. The Labute approximate surface area is 89.5 Å². The van der Waals surface area contributed by atoms with Crippen molar-refractivity contribution in [3.63, 3.8) is 0 Å². The topological polar surface area (TPSA) is 33.1 Å². The third kappa shape index (κ3) is 3.39. The van der Waals surface area contributed by atoms with E-state index in [-0.39, 0.29) is 16.9 Å². The van der Waals surface area contributed by atoms with Gasteiger partial charge in [-0.3, -0.25) is 0 Å². The molecular weight excluding hydrogens is 227 g/mol. The molecule has 0 saturated carbocycles. The second kappa shape index (κ2) is 5.37. The van der Waals surface area contributed by atoms with Gasteiger partial charge in [-0.15, -0.1) is 11.8 Å². The minimum Gasteiger partial charge on any atom is -0.396 e. The van der Waals surface area contributed by atoms with Crippen molar-refractivity contribution in [3.05, 3.63) is 23.6 Å². The smallest absolute Gasteiger partial charge is 0.250 e. The Morgan fingerprint density at radius 2 is 2.07 bits per heavy atom. The first-order valence-electron chi connectivity index (χ1n) is 4.33. The van der Waals surface area contributed by atoms with Gasteiger partial charge in [0.1, 0.15) is 5.03 Å². The average molecular weight is 237 g/mol. The van der Waals surface area contributed by atoms with Crippen LogP contribution in [0.2, 0.25) is 0 Å². The van der Waals surface area contributed by atoms with Crippen molar-refractivity contribution in [2.24, 2.45) is 0 Å². The summed E-state index contributed by atoms with van der Waals surface area (Å²) in [5.41, 5.74) is 0. The molecule has 0 aliphatic rings. The van der Waals surface area contributed by atoms with E-state index in [4.69, 9.17) is 5.11 Å². The maximum Gasteiger partial charge on any atom is 0.250 e. The van der Waals surface area contributed by atoms with Crippen LogP contribution in [-0.4, -0.2) is 21.9 Å². The van der Waals surface area contributed by atoms with E-state index in [2.05, 4.69) is 4.98 Å². The molecule has 0 aliphatic heterocycles. The van der Waals surface area contributed by atoms with Crippen molar-refractivity contribution in [2.75, 3.05) is 6.61 Å². The van der Waals surface area contributed by atoms with E-state index in [0.717, 1.165) is 11.8 Å². The minimum atomic E-state index is -1.31. The van der Waals surface area contributed by atoms with Gasteiger partial charge in [0.15, 0.2) is 11.6 Å². The predicted octanol–water partition coefficient (Wildman–Crippen LogP) is 2.36. The SMILES string of the molecule is CC(CCO)Sc1nc(F)c(F)cc1F. The number of nitrogens with zero attached hydrogens (tertiary/aromatic N) is 1. The first-order valence-corrected chi connectivity index (χ1v) is 5.21. The number of aliphatic hydroxyl groups is 1. The molecular formula is C9H10F3NOS. The highest BCUT2D eigenvalue weighted by Crippen LogP contribution is 2.26. The van der Waals surface area contributed by atoms with Crippen LogP contribution in [-0.2, 0) is 0 Å². The summed E-state index contributed by atoms with van der Waals surface area (Å²) in [7, 11) is 0. The fraction of sp³-hybridized carbons (Fsp3) is 0.444. The van der Waals surface area contributed by atoms with E-state index in [9.17, 15) is 13.2 Å². The Hall–Kier alpha value is -0.750. The maximum absolute atomic E-state index is 13.1. The van der Waals surface area contributed by atoms with Gasteiger partial charge in [-0.1, -0.05) is 6.92 Å². The molecule has 1 atom stereocenters. The van der Waals surface area contributed by atoms with Crippen LogP contribution < -0.4 is 0 Å². The van der Waals surface area contributed by atoms with Gasteiger partial charge in [-0.2, -0.15) is 4.39 Å². The Morgan fingerprint density at radius 3 is 2.67 bits per heavy atom. The molecule has 1 unspecified atom stereocenters. The highest BCUT2D eigenvalue weighted by molar-refractivity contribution is 7.99. The number of pyridine rings is 1. The molecule has 6 heteroatoms. The van der Waals surface area contributed by atoms with Crippen molar-refractivity contribution < 1.29 is 18.3 Å². The van der Waals surface area contributed by atoms with Gasteiger partial charge >= 0.3 is 0 Å². The van der Waals surface area contributed by atoms with Crippen LogP contribution in [0.3, 0.4) is 0 Å². The van der Waals surface area contributed by atoms with Gasteiger partial charge in [0.05, 0.1) is 0 Å². The number of halogens is 3. The van der Waals surface area contributed by atoms with Crippen LogP contribution in [0, 0.1) is 17.6 Å². The highest BCUT2D eigenvalue weighted by Gasteiger charge is 2.14. The van der Waals surface area contributed by atoms with Crippen LogP contribution in [0.1, 0.15) is 13.3 Å².